The number of anilines is 1. The van der Waals surface area contributed by atoms with Crippen LogP contribution in [0.25, 0.3) is 10.9 Å². The summed E-state index contributed by atoms with van der Waals surface area (Å²) in [4.78, 5) is 15.4. The largest absolute Gasteiger partial charge is 0.489 e. The molecule has 5 heteroatoms. The molecule has 0 fully saturated rings. The van der Waals surface area contributed by atoms with E-state index in [1.807, 2.05) is 30.3 Å². The summed E-state index contributed by atoms with van der Waals surface area (Å²) in [5.41, 5.74) is 2.83. The fourth-order valence-electron chi connectivity index (χ4n) is 2.80. The molecule has 0 bridgehead atoms. The number of ether oxygens (including phenoxy) is 1. The van der Waals surface area contributed by atoms with Gasteiger partial charge in [-0.25, -0.2) is 4.39 Å². The van der Waals surface area contributed by atoms with Crippen LogP contribution in [0, 0.1) is 5.82 Å². The third-order valence-electron chi connectivity index (χ3n) is 4.19. The Morgan fingerprint density at radius 1 is 0.963 bits per heavy atom. The van der Waals surface area contributed by atoms with Gasteiger partial charge in [0.25, 0.3) is 5.91 Å². The number of benzene rings is 3. The number of nitrogens with one attached hydrogen (secondary N) is 2. The van der Waals surface area contributed by atoms with Crippen molar-refractivity contribution in [2.24, 2.45) is 0 Å². The monoisotopic (exact) mass is 360 g/mol. The summed E-state index contributed by atoms with van der Waals surface area (Å²) in [7, 11) is 0. The van der Waals surface area contributed by atoms with E-state index in [2.05, 4.69) is 10.3 Å². The summed E-state index contributed by atoms with van der Waals surface area (Å²) in [5.74, 6) is 0.0991. The van der Waals surface area contributed by atoms with Crippen molar-refractivity contribution in [3.8, 4) is 5.75 Å². The number of hydrogen-bond donors (Lipinski definition) is 2. The number of carbonyl (C=O) groups excluding carboxylic acids is 1. The molecule has 0 saturated carbocycles. The molecule has 4 aromatic rings. The average Bonchev–Trinajstić information content (AvgIpc) is 3.11. The standard InChI is InChI=1S/C22H17FN2O2/c23-17-6-11-20-16(12-17)13-21(25-20)22(26)24-18-7-9-19(10-8-18)27-14-15-4-2-1-3-5-15/h1-13,25H,14H2,(H,24,26). The quantitative estimate of drug-likeness (QED) is 0.518. The summed E-state index contributed by atoms with van der Waals surface area (Å²) in [6.45, 7) is 0.484. The highest BCUT2D eigenvalue weighted by atomic mass is 19.1. The number of carbonyl (C=O) groups is 1. The van der Waals surface area contributed by atoms with E-state index in [1.165, 1.54) is 12.1 Å². The van der Waals surface area contributed by atoms with Gasteiger partial charge in [0, 0.05) is 16.6 Å². The summed E-state index contributed by atoms with van der Waals surface area (Å²) in [6.07, 6.45) is 0. The molecule has 0 aliphatic heterocycles. The first-order valence-electron chi connectivity index (χ1n) is 8.54. The van der Waals surface area contributed by atoms with E-state index in [-0.39, 0.29) is 11.7 Å². The molecule has 1 aromatic heterocycles. The van der Waals surface area contributed by atoms with Crippen LogP contribution in [0.3, 0.4) is 0 Å². The Morgan fingerprint density at radius 3 is 2.52 bits per heavy atom. The molecule has 0 atom stereocenters. The second-order valence-corrected chi connectivity index (χ2v) is 6.17. The normalized spacial score (nSPS) is 10.7. The van der Waals surface area contributed by atoms with Gasteiger partial charge >= 0.3 is 0 Å². The highest BCUT2D eigenvalue weighted by Crippen LogP contribution is 2.20. The lowest BCUT2D eigenvalue weighted by Crippen LogP contribution is -2.12. The fraction of sp³-hybridized carbons (Fsp3) is 0.0455. The SMILES string of the molecule is O=C(Nc1ccc(OCc2ccccc2)cc1)c1cc2cc(F)ccc2[nH]1. The van der Waals surface area contributed by atoms with Gasteiger partial charge in [0.1, 0.15) is 23.9 Å². The summed E-state index contributed by atoms with van der Waals surface area (Å²) in [6, 6.07) is 23.1. The average molecular weight is 360 g/mol. The zero-order valence-electron chi connectivity index (χ0n) is 14.4. The van der Waals surface area contributed by atoms with Gasteiger partial charge in [-0.05, 0) is 54.1 Å². The van der Waals surface area contributed by atoms with Crippen molar-refractivity contribution in [3.63, 3.8) is 0 Å². The third kappa shape index (κ3) is 3.98. The molecule has 4 nitrogen and oxygen atoms in total. The van der Waals surface area contributed by atoms with E-state index < -0.39 is 0 Å². The Labute approximate surface area is 155 Å². The van der Waals surface area contributed by atoms with Crippen LogP contribution in [0.1, 0.15) is 16.1 Å². The Bertz CT molecular complexity index is 1070. The molecule has 4 rings (SSSR count). The van der Waals surface area contributed by atoms with Gasteiger partial charge in [-0.2, -0.15) is 0 Å². The van der Waals surface area contributed by atoms with Crippen molar-refractivity contribution in [2.45, 2.75) is 6.61 Å². The highest BCUT2D eigenvalue weighted by molar-refractivity contribution is 6.05. The van der Waals surface area contributed by atoms with E-state index in [0.717, 1.165) is 11.3 Å². The predicted octanol–water partition coefficient (Wildman–Crippen LogP) is 5.14. The molecule has 0 spiro atoms. The Hall–Kier alpha value is -3.60. The van der Waals surface area contributed by atoms with E-state index in [1.54, 1.807) is 36.4 Å². The van der Waals surface area contributed by atoms with Crippen LogP contribution in [0.5, 0.6) is 5.75 Å². The van der Waals surface area contributed by atoms with Gasteiger partial charge in [0.15, 0.2) is 0 Å². The lowest BCUT2D eigenvalue weighted by Gasteiger charge is -2.08. The van der Waals surface area contributed by atoms with Crippen LogP contribution in [-0.2, 0) is 6.61 Å². The number of amides is 1. The van der Waals surface area contributed by atoms with Crippen molar-refractivity contribution in [1.29, 1.82) is 0 Å². The molecule has 2 N–H and O–H groups in total. The van der Waals surface area contributed by atoms with Crippen molar-refractivity contribution in [3.05, 3.63) is 95.9 Å². The van der Waals surface area contributed by atoms with Crippen molar-refractivity contribution >= 4 is 22.5 Å². The zero-order valence-corrected chi connectivity index (χ0v) is 14.4. The van der Waals surface area contributed by atoms with Gasteiger partial charge < -0.3 is 15.0 Å². The molecule has 0 unspecified atom stereocenters. The topological polar surface area (TPSA) is 54.1 Å². The molecular weight excluding hydrogens is 343 g/mol. The second kappa shape index (κ2) is 7.33. The molecule has 1 amide bonds. The van der Waals surface area contributed by atoms with Crippen LogP contribution in [-0.4, -0.2) is 10.9 Å². The van der Waals surface area contributed by atoms with E-state index >= 15 is 0 Å². The maximum atomic E-state index is 13.3. The van der Waals surface area contributed by atoms with Gasteiger partial charge in [-0.3, -0.25) is 4.79 Å². The first kappa shape index (κ1) is 16.8. The molecule has 0 radical (unpaired) electrons. The number of fused-ring (bicyclic) bond motifs is 1. The number of halogens is 1. The molecule has 0 aliphatic rings. The minimum atomic E-state index is -0.334. The highest BCUT2D eigenvalue weighted by Gasteiger charge is 2.10. The van der Waals surface area contributed by atoms with E-state index in [9.17, 15) is 9.18 Å². The van der Waals surface area contributed by atoms with Crippen LogP contribution in [0.2, 0.25) is 0 Å². The summed E-state index contributed by atoms with van der Waals surface area (Å²) in [5, 5.41) is 3.47. The number of aromatic amines is 1. The molecule has 3 aromatic carbocycles. The fourth-order valence-corrected chi connectivity index (χ4v) is 2.80. The predicted molar refractivity (Wildman–Crippen MR) is 103 cm³/mol. The smallest absolute Gasteiger partial charge is 0.272 e. The van der Waals surface area contributed by atoms with Crippen molar-refractivity contribution in [1.82, 2.24) is 4.98 Å². The minimum Gasteiger partial charge on any atom is -0.489 e. The first-order valence-corrected chi connectivity index (χ1v) is 8.54. The lowest BCUT2D eigenvalue weighted by atomic mass is 10.2. The maximum absolute atomic E-state index is 13.3. The Balaban J connectivity index is 1.40. The lowest BCUT2D eigenvalue weighted by molar-refractivity contribution is 0.102. The van der Waals surface area contributed by atoms with Gasteiger partial charge in [-0.1, -0.05) is 30.3 Å². The third-order valence-corrected chi connectivity index (χ3v) is 4.19. The molecule has 0 saturated heterocycles. The van der Waals surface area contributed by atoms with E-state index in [4.69, 9.17) is 4.74 Å². The summed E-state index contributed by atoms with van der Waals surface area (Å²) >= 11 is 0. The molecule has 1 heterocycles. The molecular formula is C22H17FN2O2. The van der Waals surface area contributed by atoms with E-state index in [0.29, 0.717) is 28.9 Å². The van der Waals surface area contributed by atoms with Gasteiger partial charge in [0.2, 0.25) is 0 Å². The first-order chi connectivity index (χ1) is 13.2. The summed E-state index contributed by atoms with van der Waals surface area (Å²) < 4.78 is 19.0. The number of aromatic nitrogens is 1. The second-order valence-electron chi connectivity index (χ2n) is 6.17. The van der Waals surface area contributed by atoms with Crippen LogP contribution >= 0.6 is 0 Å². The number of hydrogen-bond acceptors (Lipinski definition) is 2. The van der Waals surface area contributed by atoms with Crippen molar-refractivity contribution < 1.29 is 13.9 Å². The minimum absolute atomic E-state index is 0.287. The molecule has 0 aliphatic carbocycles. The van der Waals surface area contributed by atoms with Gasteiger partial charge in [0.05, 0.1) is 0 Å². The zero-order chi connectivity index (χ0) is 18.6. The number of H-pyrrole nitrogens is 1. The molecule has 134 valence electrons. The Morgan fingerprint density at radius 2 is 1.74 bits per heavy atom. The van der Waals surface area contributed by atoms with Crippen LogP contribution < -0.4 is 10.1 Å². The Kier molecular flexibility index (Phi) is 4.58. The van der Waals surface area contributed by atoms with Crippen LogP contribution in [0.15, 0.2) is 78.9 Å². The molecule has 27 heavy (non-hydrogen) atoms. The number of rotatable bonds is 5. The maximum Gasteiger partial charge on any atom is 0.272 e. The van der Waals surface area contributed by atoms with Crippen molar-refractivity contribution in [2.75, 3.05) is 5.32 Å². The van der Waals surface area contributed by atoms with Gasteiger partial charge in [-0.15, -0.1) is 0 Å². The van der Waals surface area contributed by atoms with Crippen LogP contribution in [0.4, 0.5) is 10.1 Å².